The van der Waals surface area contributed by atoms with Crippen LogP contribution in [0.2, 0.25) is 0 Å². The first-order valence-corrected chi connectivity index (χ1v) is 10.6. The van der Waals surface area contributed by atoms with Crippen LogP contribution in [0.3, 0.4) is 0 Å². The zero-order valence-corrected chi connectivity index (χ0v) is 19.4. The number of rotatable bonds is 9. The zero-order valence-electron chi connectivity index (χ0n) is 19.4. The smallest absolute Gasteiger partial charge is 0.441 e. The molecule has 3 N–H and O–H groups in total. The maximum Gasteiger partial charge on any atom is 0.441 e. The minimum Gasteiger partial charge on any atom is -0.463 e. The van der Waals surface area contributed by atoms with E-state index in [-0.39, 0.29) is 5.56 Å². The second kappa shape index (κ2) is 11.1. The predicted molar refractivity (Wildman–Crippen MR) is 116 cm³/mol. The Morgan fingerprint density at radius 3 is 1.89 bits per heavy atom. The number of alkyl halides is 6. The van der Waals surface area contributed by atoms with Crippen molar-refractivity contribution in [3.8, 4) is 0 Å². The summed E-state index contributed by atoms with van der Waals surface area (Å²) in [6.45, 7) is 1.29. The molecule has 0 spiro atoms. The lowest BCUT2D eigenvalue weighted by molar-refractivity contribution is -0.267. The molecule has 1 amide bonds. The monoisotopic (exact) mass is 536 g/mol. The van der Waals surface area contributed by atoms with E-state index in [1.165, 1.54) is 37.4 Å². The molecular formula is C23H22F6N2O6. The second-order valence-electron chi connectivity index (χ2n) is 7.42. The lowest BCUT2D eigenvalue weighted by atomic mass is 9.92. The number of carbonyl (C=O) groups excluding carboxylic acids is 3. The summed E-state index contributed by atoms with van der Waals surface area (Å²) < 4.78 is 93.2. The highest BCUT2D eigenvalue weighted by atomic mass is 19.4. The van der Waals surface area contributed by atoms with Crippen LogP contribution < -0.4 is 10.6 Å². The quantitative estimate of drug-likeness (QED) is 0.255. The van der Waals surface area contributed by atoms with E-state index in [1.54, 1.807) is 5.32 Å². The Bertz CT molecular complexity index is 1120. The molecule has 0 aromatic heterocycles. The maximum absolute atomic E-state index is 14.4. The van der Waals surface area contributed by atoms with Crippen LogP contribution in [0.4, 0.5) is 32.0 Å². The Morgan fingerprint density at radius 2 is 1.38 bits per heavy atom. The molecular weight excluding hydrogens is 514 g/mol. The summed E-state index contributed by atoms with van der Waals surface area (Å²) in [7, 11) is 0. The van der Waals surface area contributed by atoms with E-state index in [9.17, 15) is 45.8 Å². The molecule has 0 radical (unpaired) electrons. The Kier molecular flexibility index (Phi) is 8.80. The van der Waals surface area contributed by atoms with Crippen LogP contribution in [-0.4, -0.2) is 54.2 Å². The number of hydrogen-bond acceptors (Lipinski definition) is 7. The largest absolute Gasteiger partial charge is 0.463 e. The van der Waals surface area contributed by atoms with E-state index in [1.807, 2.05) is 0 Å². The second-order valence-corrected chi connectivity index (χ2v) is 7.42. The van der Waals surface area contributed by atoms with Crippen molar-refractivity contribution in [1.29, 1.82) is 0 Å². The molecule has 2 aromatic rings. The number of ether oxygens (including phenoxy) is 2. The molecule has 14 heteroatoms. The van der Waals surface area contributed by atoms with Crippen molar-refractivity contribution in [2.45, 2.75) is 37.5 Å². The molecule has 0 aliphatic carbocycles. The molecule has 0 saturated carbocycles. The van der Waals surface area contributed by atoms with Crippen LogP contribution in [-0.2, 0) is 24.7 Å². The molecule has 2 aromatic carbocycles. The van der Waals surface area contributed by atoms with Gasteiger partial charge >= 0.3 is 30.0 Å². The number of anilines is 1. The lowest BCUT2D eigenvalue weighted by Crippen LogP contribution is -2.69. The van der Waals surface area contributed by atoms with Crippen molar-refractivity contribution in [3.63, 3.8) is 0 Å². The van der Waals surface area contributed by atoms with Crippen molar-refractivity contribution < 1.29 is 55.3 Å². The third kappa shape index (κ3) is 5.96. The molecule has 0 aliphatic heterocycles. The van der Waals surface area contributed by atoms with Crippen LogP contribution in [0.25, 0.3) is 0 Å². The van der Waals surface area contributed by atoms with Crippen molar-refractivity contribution in [1.82, 2.24) is 5.32 Å². The standard InChI is InChI=1S/C23H22F6N2O6/c1-3-36-18(33)20(35,22(24,25)26)15-11-8-12-16(13-15)30-21(23(27,28)29,19(34)37-4-2)31-17(32)14-9-6-5-7-10-14/h5-13,30,35H,3-4H2,1-2H3,(H,31,32)/t20-,21-/m1/s1. The molecule has 2 rings (SSSR count). The number of hydrogen-bond donors (Lipinski definition) is 3. The van der Waals surface area contributed by atoms with E-state index < -0.39 is 65.9 Å². The van der Waals surface area contributed by atoms with Gasteiger partial charge < -0.3 is 25.2 Å². The minimum absolute atomic E-state index is 0.273. The number of esters is 2. The minimum atomic E-state index is -5.64. The summed E-state index contributed by atoms with van der Waals surface area (Å²) in [5.74, 6) is -5.51. The molecule has 2 atom stereocenters. The van der Waals surface area contributed by atoms with Gasteiger partial charge in [0, 0.05) is 16.8 Å². The van der Waals surface area contributed by atoms with E-state index in [4.69, 9.17) is 0 Å². The van der Waals surface area contributed by atoms with Crippen molar-refractivity contribution in [2.24, 2.45) is 0 Å². The highest BCUT2D eigenvalue weighted by molar-refractivity contribution is 5.99. The Morgan fingerprint density at radius 1 is 0.811 bits per heavy atom. The fourth-order valence-corrected chi connectivity index (χ4v) is 3.13. The molecule has 202 valence electrons. The van der Waals surface area contributed by atoms with Crippen LogP contribution in [0.5, 0.6) is 0 Å². The summed E-state index contributed by atoms with van der Waals surface area (Å²) in [6, 6.07) is 9.08. The van der Waals surface area contributed by atoms with Gasteiger partial charge in [-0.15, -0.1) is 0 Å². The Hall–Kier alpha value is -3.81. The average molecular weight is 536 g/mol. The molecule has 0 aliphatic rings. The van der Waals surface area contributed by atoms with Gasteiger partial charge in [0.15, 0.2) is 0 Å². The van der Waals surface area contributed by atoms with Gasteiger partial charge in [-0.1, -0.05) is 30.3 Å². The maximum atomic E-state index is 14.4. The van der Waals surface area contributed by atoms with E-state index in [0.29, 0.717) is 12.1 Å². The molecule has 0 unspecified atom stereocenters. The number of nitrogens with one attached hydrogen (secondary N) is 2. The number of benzene rings is 2. The highest BCUT2D eigenvalue weighted by Crippen LogP contribution is 2.41. The van der Waals surface area contributed by atoms with Gasteiger partial charge in [-0.25, -0.2) is 9.59 Å². The van der Waals surface area contributed by atoms with Crippen molar-refractivity contribution in [2.75, 3.05) is 18.5 Å². The molecule has 0 saturated heterocycles. The first-order valence-electron chi connectivity index (χ1n) is 10.6. The molecule has 0 fully saturated rings. The summed E-state index contributed by atoms with van der Waals surface area (Å²) in [5.41, 5.74) is -10.5. The molecule has 0 bridgehead atoms. The average Bonchev–Trinajstić information content (AvgIpc) is 2.82. The van der Waals surface area contributed by atoms with Gasteiger partial charge in [0.25, 0.3) is 11.5 Å². The summed E-state index contributed by atoms with van der Waals surface area (Å²) in [6.07, 6.45) is -11.2. The SMILES string of the molecule is CCOC(=O)[C@](NC(=O)c1ccccc1)(Nc1cccc([C@@](O)(C(=O)OCC)C(F)(F)F)c1)C(F)(F)F. The van der Waals surface area contributed by atoms with Crippen LogP contribution >= 0.6 is 0 Å². The fourth-order valence-electron chi connectivity index (χ4n) is 3.13. The third-order valence-electron chi connectivity index (χ3n) is 4.94. The Labute approximate surface area is 206 Å². The predicted octanol–water partition coefficient (Wildman–Crippen LogP) is 3.66. The number of aliphatic hydroxyl groups is 1. The van der Waals surface area contributed by atoms with Gasteiger partial charge in [-0.2, -0.15) is 26.3 Å². The third-order valence-corrected chi connectivity index (χ3v) is 4.94. The van der Waals surface area contributed by atoms with Gasteiger partial charge in [-0.3, -0.25) is 4.79 Å². The van der Waals surface area contributed by atoms with Crippen LogP contribution in [0, 0.1) is 0 Å². The van der Waals surface area contributed by atoms with E-state index in [0.717, 1.165) is 24.3 Å². The summed E-state index contributed by atoms with van der Waals surface area (Å²) in [5, 5.41) is 13.5. The number of halogens is 6. The van der Waals surface area contributed by atoms with Crippen LogP contribution in [0.15, 0.2) is 54.6 Å². The van der Waals surface area contributed by atoms with Gasteiger partial charge in [0.2, 0.25) is 0 Å². The number of amides is 1. The number of carbonyl (C=O) groups is 3. The lowest BCUT2D eigenvalue weighted by Gasteiger charge is -2.36. The van der Waals surface area contributed by atoms with Crippen LogP contribution in [0.1, 0.15) is 29.8 Å². The van der Waals surface area contributed by atoms with Gasteiger partial charge in [0.1, 0.15) is 0 Å². The topological polar surface area (TPSA) is 114 Å². The first kappa shape index (κ1) is 29.4. The van der Waals surface area contributed by atoms with Gasteiger partial charge in [0.05, 0.1) is 13.2 Å². The molecule has 37 heavy (non-hydrogen) atoms. The van der Waals surface area contributed by atoms with E-state index >= 15 is 0 Å². The fraction of sp³-hybridized carbons (Fsp3) is 0.348. The zero-order chi connectivity index (χ0) is 28.1. The Balaban J connectivity index is 2.66. The first-order chi connectivity index (χ1) is 17.1. The van der Waals surface area contributed by atoms with Gasteiger partial charge in [-0.05, 0) is 38.1 Å². The van der Waals surface area contributed by atoms with Crippen molar-refractivity contribution in [3.05, 3.63) is 65.7 Å². The normalized spacial score (nSPS) is 15.1. The highest BCUT2D eigenvalue weighted by Gasteiger charge is 2.65. The molecule has 8 nitrogen and oxygen atoms in total. The summed E-state index contributed by atoms with van der Waals surface area (Å²) >= 11 is 0. The van der Waals surface area contributed by atoms with Crippen molar-refractivity contribution >= 4 is 23.5 Å². The molecule has 0 heterocycles. The van der Waals surface area contributed by atoms with E-state index in [2.05, 4.69) is 9.47 Å². The summed E-state index contributed by atoms with van der Waals surface area (Å²) in [4.78, 5) is 37.3.